The van der Waals surface area contributed by atoms with Gasteiger partial charge in [0.1, 0.15) is 9.88 Å². The molecular weight excluding hydrogens is 494 g/mol. The van der Waals surface area contributed by atoms with E-state index < -0.39 is 30.4 Å². The van der Waals surface area contributed by atoms with Crippen LogP contribution in [0.1, 0.15) is 49.8 Å². The van der Waals surface area contributed by atoms with Gasteiger partial charge in [-0.15, -0.1) is 11.3 Å². The summed E-state index contributed by atoms with van der Waals surface area (Å²) in [5, 5.41) is 5.87. The number of hydrogen-bond acceptors (Lipinski definition) is 8. The predicted octanol–water partition coefficient (Wildman–Crippen LogP) is 5.51. The van der Waals surface area contributed by atoms with E-state index in [-0.39, 0.29) is 28.7 Å². The highest BCUT2D eigenvalue weighted by atomic mass is 32.1. The summed E-state index contributed by atoms with van der Waals surface area (Å²) in [6.45, 7) is 4.59. The van der Waals surface area contributed by atoms with Crippen LogP contribution >= 0.6 is 11.3 Å². The van der Waals surface area contributed by atoms with Crippen LogP contribution in [0.4, 0.5) is 5.00 Å². The molecule has 1 N–H and O–H groups in total. The minimum Gasteiger partial charge on any atom is -0.462 e. The molecule has 0 bridgehead atoms. The first-order chi connectivity index (χ1) is 17.8. The van der Waals surface area contributed by atoms with Crippen LogP contribution in [0.5, 0.6) is 0 Å². The lowest BCUT2D eigenvalue weighted by Gasteiger charge is -2.12. The number of rotatable bonds is 8. The molecule has 190 valence electrons. The van der Waals surface area contributed by atoms with Gasteiger partial charge in [0.2, 0.25) is 0 Å². The summed E-state index contributed by atoms with van der Waals surface area (Å²) in [4.78, 5) is 51.0. The average Bonchev–Trinajstić information content (AvgIpc) is 3.21. The number of amides is 1. The van der Waals surface area contributed by atoms with Gasteiger partial charge in [-0.05, 0) is 53.9 Å². The van der Waals surface area contributed by atoms with E-state index in [9.17, 15) is 19.2 Å². The molecule has 4 rings (SSSR count). The average molecular weight is 520 g/mol. The Balaban J connectivity index is 1.58. The molecule has 0 radical (unpaired) electrons. The largest absolute Gasteiger partial charge is 0.462 e. The van der Waals surface area contributed by atoms with Crippen molar-refractivity contribution >= 4 is 61.7 Å². The summed E-state index contributed by atoms with van der Waals surface area (Å²) < 4.78 is 15.6. The second kappa shape index (κ2) is 11.2. The smallest absolute Gasteiger partial charge is 0.348 e. The zero-order valence-electron chi connectivity index (χ0n) is 20.6. The molecule has 3 aromatic carbocycles. The number of nitrogens with one attached hydrogen (secondary N) is 1. The fourth-order valence-electron chi connectivity index (χ4n) is 4.04. The number of ether oxygens (including phenoxy) is 3. The number of fused-ring (bicyclic) bond motifs is 2. The van der Waals surface area contributed by atoms with Gasteiger partial charge >= 0.3 is 17.9 Å². The van der Waals surface area contributed by atoms with Gasteiger partial charge in [0.15, 0.2) is 6.61 Å². The second-order valence-corrected chi connectivity index (χ2v) is 9.04. The Morgan fingerprint density at radius 3 is 1.89 bits per heavy atom. The maximum atomic E-state index is 13.2. The number of hydrogen-bond donors (Lipinski definition) is 1. The van der Waals surface area contributed by atoms with Gasteiger partial charge in [-0.2, -0.15) is 0 Å². The van der Waals surface area contributed by atoms with Crippen LogP contribution in [-0.2, 0) is 19.0 Å². The number of thiophene rings is 1. The van der Waals surface area contributed by atoms with Crippen molar-refractivity contribution in [2.45, 2.75) is 20.8 Å². The fourth-order valence-corrected chi connectivity index (χ4v) is 5.15. The molecule has 1 heterocycles. The highest BCUT2D eigenvalue weighted by molar-refractivity contribution is 7.18. The summed E-state index contributed by atoms with van der Waals surface area (Å²) >= 11 is 0.903. The van der Waals surface area contributed by atoms with Crippen molar-refractivity contribution in [3.8, 4) is 0 Å². The van der Waals surface area contributed by atoms with Crippen molar-refractivity contribution in [1.29, 1.82) is 0 Å². The second-order valence-electron chi connectivity index (χ2n) is 8.02. The molecule has 4 aromatic rings. The Bertz CT molecular complexity index is 1470. The van der Waals surface area contributed by atoms with Crippen molar-refractivity contribution in [1.82, 2.24) is 0 Å². The molecule has 0 aliphatic carbocycles. The van der Waals surface area contributed by atoms with Gasteiger partial charge in [-0.1, -0.05) is 48.5 Å². The van der Waals surface area contributed by atoms with Crippen LogP contribution in [0, 0.1) is 6.92 Å². The Hall–Kier alpha value is -4.24. The molecule has 0 saturated carbocycles. The molecule has 0 atom stereocenters. The van der Waals surface area contributed by atoms with Crippen LogP contribution in [0.25, 0.3) is 21.5 Å². The van der Waals surface area contributed by atoms with E-state index in [0.29, 0.717) is 21.9 Å². The zero-order valence-corrected chi connectivity index (χ0v) is 21.4. The molecular formula is C28H25NO7S. The summed E-state index contributed by atoms with van der Waals surface area (Å²) in [5.41, 5.74) is 0.774. The first-order valence-corrected chi connectivity index (χ1v) is 12.5. The van der Waals surface area contributed by atoms with E-state index in [1.54, 1.807) is 20.8 Å². The van der Waals surface area contributed by atoms with E-state index >= 15 is 0 Å². The van der Waals surface area contributed by atoms with E-state index in [2.05, 4.69) is 5.32 Å². The normalized spacial score (nSPS) is 10.8. The van der Waals surface area contributed by atoms with Crippen LogP contribution in [-0.4, -0.2) is 43.6 Å². The van der Waals surface area contributed by atoms with Gasteiger partial charge in [-0.25, -0.2) is 14.4 Å². The van der Waals surface area contributed by atoms with Crippen molar-refractivity contribution in [2.75, 3.05) is 25.1 Å². The quantitative estimate of drug-likeness (QED) is 0.186. The number of carbonyl (C=O) groups is 4. The Kier molecular flexibility index (Phi) is 7.83. The van der Waals surface area contributed by atoms with E-state index in [0.717, 1.165) is 22.1 Å². The molecule has 9 heteroatoms. The van der Waals surface area contributed by atoms with Crippen LogP contribution in [0.3, 0.4) is 0 Å². The lowest BCUT2D eigenvalue weighted by molar-refractivity contribution is -0.119. The van der Waals surface area contributed by atoms with Gasteiger partial charge in [0.05, 0.1) is 24.3 Å². The number of benzene rings is 3. The SMILES string of the molecule is CCOC(=O)c1sc(NC(=O)COC(=O)c2c3ccccc3cc3ccccc23)c(C(=O)OCC)c1C. The lowest BCUT2D eigenvalue weighted by Crippen LogP contribution is -2.22. The number of anilines is 1. The monoisotopic (exact) mass is 519 g/mol. The third-order valence-corrected chi connectivity index (χ3v) is 6.84. The van der Waals surface area contributed by atoms with Crippen molar-refractivity contribution < 1.29 is 33.4 Å². The van der Waals surface area contributed by atoms with Crippen LogP contribution < -0.4 is 5.32 Å². The molecule has 0 saturated heterocycles. The Labute approximate surface area is 217 Å². The maximum Gasteiger partial charge on any atom is 0.348 e. The molecule has 0 aliphatic heterocycles. The zero-order chi connectivity index (χ0) is 26.5. The summed E-state index contributed by atoms with van der Waals surface area (Å²) in [7, 11) is 0. The van der Waals surface area contributed by atoms with Gasteiger partial charge in [0, 0.05) is 0 Å². The fraction of sp³-hybridized carbons (Fsp3) is 0.214. The molecule has 0 unspecified atom stereocenters. The standard InChI is InChI=1S/C28H25NO7S/c1-4-34-26(31)22-16(3)24(28(33)35-5-2)37-25(22)29-21(30)15-36-27(32)23-19-12-8-6-10-17(19)14-18-11-7-9-13-20(18)23/h6-14H,4-5,15H2,1-3H3,(H,29,30). The molecule has 8 nitrogen and oxygen atoms in total. The highest BCUT2D eigenvalue weighted by Crippen LogP contribution is 2.34. The van der Waals surface area contributed by atoms with Crippen molar-refractivity contribution in [3.63, 3.8) is 0 Å². The molecule has 1 amide bonds. The topological polar surface area (TPSA) is 108 Å². The number of carbonyl (C=O) groups excluding carboxylic acids is 4. The summed E-state index contributed by atoms with van der Waals surface area (Å²) in [6, 6.07) is 16.9. The summed E-state index contributed by atoms with van der Waals surface area (Å²) in [5.74, 6) is -2.60. The van der Waals surface area contributed by atoms with Crippen LogP contribution in [0.15, 0.2) is 54.6 Å². The maximum absolute atomic E-state index is 13.2. The highest BCUT2D eigenvalue weighted by Gasteiger charge is 2.27. The minimum atomic E-state index is -0.679. The Morgan fingerprint density at radius 1 is 0.757 bits per heavy atom. The van der Waals surface area contributed by atoms with Gasteiger partial charge in [0.25, 0.3) is 5.91 Å². The lowest BCUT2D eigenvalue weighted by atomic mass is 9.97. The molecule has 0 spiro atoms. The molecule has 1 aromatic heterocycles. The molecule has 0 fully saturated rings. The molecule has 37 heavy (non-hydrogen) atoms. The summed E-state index contributed by atoms with van der Waals surface area (Å²) in [6.07, 6.45) is 0. The minimum absolute atomic E-state index is 0.0645. The van der Waals surface area contributed by atoms with E-state index in [4.69, 9.17) is 14.2 Å². The predicted molar refractivity (Wildman–Crippen MR) is 141 cm³/mol. The van der Waals surface area contributed by atoms with Crippen LogP contribution in [0.2, 0.25) is 0 Å². The third-order valence-electron chi connectivity index (χ3n) is 5.65. The number of esters is 3. The van der Waals surface area contributed by atoms with E-state index in [1.165, 1.54) is 0 Å². The van der Waals surface area contributed by atoms with Crippen molar-refractivity contribution in [2.24, 2.45) is 0 Å². The van der Waals surface area contributed by atoms with Crippen molar-refractivity contribution in [3.05, 3.63) is 76.2 Å². The first kappa shape index (κ1) is 25.8. The third kappa shape index (κ3) is 5.31. The Morgan fingerprint density at radius 2 is 1.30 bits per heavy atom. The van der Waals surface area contributed by atoms with Gasteiger partial charge in [-0.3, -0.25) is 4.79 Å². The van der Waals surface area contributed by atoms with E-state index in [1.807, 2.05) is 54.6 Å². The molecule has 0 aliphatic rings. The first-order valence-electron chi connectivity index (χ1n) is 11.7. The van der Waals surface area contributed by atoms with Gasteiger partial charge < -0.3 is 19.5 Å².